The molecule has 0 aliphatic heterocycles. The number of carbonyl (C=O) groups is 2. The molecule has 0 radical (unpaired) electrons. The van der Waals surface area contributed by atoms with Crippen molar-refractivity contribution in [3.63, 3.8) is 0 Å². The predicted molar refractivity (Wildman–Crippen MR) is 98.1 cm³/mol. The number of benzene rings is 2. The zero-order valence-electron chi connectivity index (χ0n) is 14.3. The number of hydrogen-bond donors (Lipinski definition) is 1. The van der Waals surface area contributed by atoms with E-state index in [1.54, 1.807) is 18.2 Å². The van der Waals surface area contributed by atoms with E-state index in [0.717, 1.165) is 30.4 Å². The number of rotatable bonds is 4. The summed E-state index contributed by atoms with van der Waals surface area (Å²) in [7, 11) is 1.35. The van der Waals surface area contributed by atoms with Crippen LogP contribution in [0.1, 0.15) is 40.7 Å². The summed E-state index contributed by atoms with van der Waals surface area (Å²) in [4.78, 5) is 24.6. The molecule has 0 heterocycles. The van der Waals surface area contributed by atoms with Crippen molar-refractivity contribution in [1.82, 2.24) is 0 Å². The van der Waals surface area contributed by atoms with Gasteiger partial charge in [-0.05, 0) is 61.2 Å². The molecule has 25 heavy (non-hydrogen) atoms. The maximum atomic E-state index is 13.0. The fourth-order valence-electron chi connectivity index (χ4n) is 3.25. The Labute approximate surface area is 152 Å². The lowest BCUT2D eigenvalue weighted by atomic mass is 9.63. The van der Waals surface area contributed by atoms with Crippen molar-refractivity contribution >= 4 is 29.2 Å². The Morgan fingerprint density at radius 3 is 2.48 bits per heavy atom. The number of amides is 1. The van der Waals surface area contributed by atoms with Gasteiger partial charge >= 0.3 is 5.97 Å². The zero-order chi connectivity index (χ0) is 18.0. The van der Waals surface area contributed by atoms with Crippen molar-refractivity contribution in [3.8, 4) is 0 Å². The second kappa shape index (κ2) is 6.89. The SMILES string of the molecule is COC(=O)c1ccc(NC(=O)C2(c3cccc(Cl)c3)CCC2)c(C)c1. The Bertz CT molecular complexity index is 827. The summed E-state index contributed by atoms with van der Waals surface area (Å²) in [6.07, 6.45) is 2.62. The molecule has 1 amide bonds. The molecule has 1 aliphatic rings. The monoisotopic (exact) mass is 357 g/mol. The molecule has 0 unspecified atom stereocenters. The second-order valence-corrected chi connectivity index (χ2v) is 6.86. The number of methoxy groups -OCH3 is 1. The van der Waals surface area contributed by atoms with Gasteiger partial charge in [0.05, 0.1) is 18.1 Å². The van der Waals surface area contributed by atoms with Crippen molar-refractivity contribution < 1.29 is 14.3 Å². The first-order valence-corrected chi connectivity index (χ1v) is 8.60. The predicted octanol–water partition coefficient (Wildman–Crippen LogP) is 4.50. The molecule has 5 heteroatoms. The van der Waals surface area contributed by atoms with Crippen LogP contribution in [0.15, 0.2) is 42.5 Å². The minimum absolute atomic E-state index is 0.0325. The number of ether oxygens (including phenoxy) is 1. The van der Waals surface area contributed by atoms with Crippen molar-refractivity contribution in [2.75, 3.05) is 12.4 Å². The van der Waals surface area contributed by atoms with E-state index < -0.39 is 11.4 Å². The van der Waals surface area contributed by atoms with Crippen molar-refractivity contribution in [3.05, 3.63) is 64.2 Å². The Kier molecular flexibility index (Phi) is 4.82. The van der Waals surface area contributed by atoms with Gasteiger partial charge in [0.2, 0.25) is 5.91 Å². The molecule has 0 spiro atoms. The van der Waals surface area contributed by atoms with Gasteiger partial charge in [-0.15, -0.1) is 0 Å². The molecular weight excluding hydrogens is 338 g/mol. The quantitative estimate of drug-likeness (QED) is 0.820. The maximum absolute atomic E-state index is 13.0. The van der Waals surface area contributed by atoms with Crippen LogP contribution in [-0.4, -0.2) is 19.0 Å². The summed E-state index contributed by atoms with van der Waals surface area (Å²) in [5.41, 5.74) is 2.40. The normalized spacial score (nSPS) is 15.2. The van der Waals surface area contributed by atoms with Gasteiger partial charge in [0.25, 0.3) is 0 Å². The minimum atomic E-state index is -0.529. The van der Waals surface area contributed by atoms with Gasteiger partial charge in [-0.1, -0.05) is 30.2 Å². The number of esters is 1. The third kappa shape index (κ3) is 3.27. The first-order valence-electron chi connectivity index (χ1n) is 8.23. The summed E-state index contributed by atoms with van der Waals surface area (Å²) >= 11 is 6.11. The number of halogens is 1. The molecule has 2 aromatic rings. The minimum Gasteiger partial charge on any atom is -0.465 e. The second-order valence-electron chi connectivity index (χ2n) is 6.42. The number of carbonyl (C=O) groups excluding carboxylic acids is 2. The number of nitrogens with one attached hydrogen (secondary N) is 1. The molecule has 0 aromatic heterocycles. The van der Waals surface area contributed by atoms with Crippen LogP contribution in [-0.2, 0) is 14.9 Å². The Morgan fingerprint density at radius 1 is 1.16 bits per heavy atom. The van der Waals surface area contributed by atoms with E-state index in [2.05, 4.69) is 5.32 Å². The van der Waals surface area contributed by atoms with Crippen LogP contribution >= 0.6 is 11.6 Å². The third-order valence-electron chi connectivity index (χ3n) is 4.91. The molecule has 0 atom stereocenters. The first-order chi connectivity index (χ1) is 12.0. The van der Waals surface area contributed by atoms with Gasteiger partial charge < -0.3 is 10.1 Å². The molecular formula is C20H20ClNO3. The number of anilines is 1. The van der Waals surface area contributed by atoms with Gasteiger partial charge in [-0.25, -0.2) is 4.79 Å². The summed E-state index contributed by atoms with van der Waals surface area (Å²) in [6.45, 7) is 1.86. The van der Waals surface area contributed by atoms with Gasteiger partial charge in [-0.3, -0.25) is 4.79 Å². The molecule has 1 aliphatic carbocycles. The lowest BCUT2D eigenvalue weighted by Crippen LogP contribution is -2.46. The topological polar surface area (TPSA) is 55.4 Å². The average Bonchev–Trinajstić information content (AvgIpc) is 2.55. The molecule has 2 aromatic carbocycles. The lowest BCUT2D eigenvalue weighted by molar-refractivity contribution is -0.124. The van der Waals surface area contributed by atoms with Crippen molar-refractivity contribution in [1.29, 1.82) is 0 Å². The summed E-state index contributed by atoms with van der Waals surface area (Å²) in [6, 6.07) is 12.6. The smallest absolute Gasteiger partial charge is 0.337 e. The van der Waals surface area contributed by atoms with E-state index in [1.165, 1.54) is 7.11 Å². The van der Waals surface area contributed by atoms with Crippen LogP contribution in [0.25, 0.3) is 0 Å². The lowest BCUT2D eigenvalue weighted by Gasteiger charge is -2.41. The molecule has 1 N–H and O–H groups in total. The molecule has 4 nitrogen and oxygen atoms in total. The van der Waals surface area contributed by atoms with Gasteiger partial charge in [-0.2, -0.15) is 0 Å². The molecule has 1 fully saturated rings. The standard InChI is InChI=1S/C20H20ClNO3/c1-13-11-14(18(23)25-2)7-8-17(13)22-19(24)20(9-4-10-20)15-5-3-6-16(21)12-15/h3,5-8,11-12H,4,9-10H2,1-2H3,(H,22,24). The van der Waals surface area contributed by atoms with Gasteiger partial charge in [0, 0.05) is 10.7 Å². The molecule has 3 rings (SSSR count). The highest BCUT2D eigenvalue weighted by Gasteiger charge is 2.45. The highest BCUT2D eigenvalue weighted by atomic mass is 35.5. The van der Waals surface area contributed by atoms with E-state index in [-0.39, 0.29) is 5.91 Å². The molecule has 0 saturated heterocycles. The van der Waals surface area contributed by atoms with Crippen molar-refractivity contribution in [2.24, 2.45) is 0 Å². The highest BCUT2D eigenvalue weighted by molar-refractivity contribution is 6.30. The van der Waals surface area contributed by atoms with Crippen LogP contribution in [0, 0.1) is 6.92 Å². The van der Waals surface area contributed by atoms with Crippen molar-refractivity contribution in [2.45, 2.75) is 31.6 Å². The zero-order valence-corrected chi connectivity index (χ0v) is 15.0. The van der Waals surface area contributed by atoms with Crippen LogP contribution in [0.4, 0.5) is 5.69 Å². The van der Waals surface area contributed by atoms with Crippen LogP contribution in [0.5, 0.6) is 0 Å². The Balaban J connectivity index is 1.85. The van der Waals surface area contributed by atoms with Gasteiger partial charge in [0.15, 0.2) is 0 Å². The van der Waals surface area contributed by atoms with Crippen LogP contribution in [0.2, 0.25) is 5.02 Å². The third-order valence-corrected chi connectivity index (χ3v) is 5.15. The Hall–Kier alpha value is -2.33. The maximum Gasteiger partial charge on any atom is 0.337 e. The van der Waals surface area contributed by atoms with E-state index in [1.807, 2.05) is 31.2 Å². The number of hydrogen-bond acceptors (Lipinski definition) is 3. The summed E-state index contributed by atoms with van der Waals surface area (Å²) in [5.74, 6) is -0.426. The summed E-state index contributed by atoms with van der Waals surface area (Å²) in [5, 5.41) is 3.66. The van der Waals surface area contributed by atoms with E-state index in [0.29, 0.717) is 16.3 Å². The van der Waals surface area contributed by atoms with E-state index >= 15 is 0 Å². The first kappa shape index (κ1) is 17.5. The van der Waals surface area contributed by atoms with E-state index in [4.69, 9.17) is 16.3 Å². The number of aryl methyl sites for hydroxylation is 1. The fourth-order valence-corrected chi connectivity index (χ4v) is 3.44. The van der Waals surface area contributed by atoms with Gasteiger partial charge in [0.1, 0.15) is 0 Å². The summed E-state index contributed by atoms with van der Waals surface area (Å²) < 4.78 is 4.72. The fraction of sp³-hybridized carbons (Fsp3) is 0.300. The average molecular weight is 358 g/mol. The molecule has 0 bridgehead atoms. The van der Waals surface area contributed by atoms with E-state index in [9.17, 15) is 9.59 Å². The highest BCUT2D eigenvalue weighted by Crippen LogP contribution is 2.45. The Morgan fingerprint density at radius 2 is 1.92 bits per heavy atom. The largest absolute Gasteiger partial charge is 0.465 e. The molecule has 1 saturated carbocycles. The molecule has 130 valence electrons. The van der Waals surface area contributed by atoms with Crippen LogP contribution < -0.4 is 5.32 Å². The van der Waals surface area contributed by atoms with Crippen LogP contribution in [0.3, 0.4) is 0 Å².